The first-order valence-corrected chi connectivity index (χ1v) is 13.6. The first kappa shape index (κ1) is 24.2. The van der Waals surface area contributed by atoms with Crippen molar-refractivity contribution in [3.63, 3.8) is 0 Å². The minimum Gasteiger partial charge on any atom is -0.497 e. The number of piperazine rings is 1. The molecule has 1 saturated heterocycles. The Labute approximate surface area is 212 Å². The average molecular weight is 506 g/mol. The van der Waals surface area contributed by atoms with Gasteiger partial charge >= 0.3 is 0 Å². The SMILES string of the molecule is COc1ccc(N2CCN(C(=O)c3ccc4c(c3)C[C@@H](C)N4S(=O)(=O)c3ccc(C)cc3)CC2)cc1. The predicted octanol–water partition coefficient (Wildman–Crippen LogP) is 4.11. The van der Waals surface area contributed by atoms with E-state index in [-0.39, 0.29) is 16.8 Å². The van der Waals surface area contributed by atoms with Gasteiger partial charge < -0.3 is 14.5 Å². The molecule has 1 atom stereocenters. The van der Waals surface area contributed by atoms with Gasteiger partial charge in [-0.15, -0.1) is 0 Å². The maximum Gasteiger partial charge on any atom is 0.264 e. The van der Waals surface area contributed by atoms with Gasteiger partial charge in [-0.25, -0.2) is 8.42 Å². The van der Waals surface area contributed by atoms with E-state index in [1.807, 2.05) is 61.2 Å². The highest BCUT2D eigenvalue weighted by Crippen LogP contribution is 2.37. The van der Waals surface area contributed by atoms with Crippen LogP contribution in [-0.4, -0.2) is 58.6 Å². The van der Waals surface area contributed by atoms with Crippen molar-refractivity contribution >= 4 is 27.3 Å². The second-order valence-corrected chi connectivity index (χ2v) is 11.3. The lowest BCUT2D eigenvalue weighted by atomic mass is 10.1. The summed E-state index contributed by atoms with van der Waals surface area (Å²) in [6.07, 6.45) is 0.576. The Morgan fingerprint density at radius 2 is 1.58 bits per heavy atom. The summed E-state index contributed by atoms with van der Waals surface area (Å²) in [7, 11) is -2.03. The monoisotopic (exact) mass is 505 g/mol. The van der Waals surface area contributed by atoms with Crippen LogP contribution in [0.5, 0.6) is 5.75 Å². The van der Waals surface area contributed by atoms with Crippen LogP contribution in [0.25, 0.3) is 0 Å². The molecule has 0 radical (unpaired) electrons. The van der Waals surface area contributed by atoms with Crippen LogP contribution in [0.1, 0.15) is 28.4 Å². The van der Waals surface area contributed by atoms with E-state index < -0.39 is 10.0 Å². The van der Waals surface area contributed by atoms with Crippen LogP contribution in [0.3, 0.4) is 0 Å². The topological polar surface area (TPSA) is 70.2 Å². The van der Waals surface area contributed by atoms with Gasteiger partial charge in [0.05, 0.1) is 17.7 Å². The van der Waals surface area contributed by atoms with E-state index in [9.17, 15) is 13.2 Å². The van der Waals surface area contributed by atoms with Crippen molar-refractivity contribution in [1.29, 1.82) is 0 Å². The first-order chi connectivity index (χ1) is 17.3. The van der Waals surface area contributed by atoms with Gasteiger partial charge in [0.1, 0.15) is 5.75 Å². The summed E-state index contributed by atoms with van der Waals surface area (Å²) in [5, 5.41) is 0. The van der Waals surface area contributed by atoms with Crippen molar-refractivity contribution in [3.05, 3.63) is 83.4 Å². The van der Waals surface area contributed by atoms with Crippen molar-refractivity contribution in [3.8, 4) is 5.75 Å². The minimum absolute atomic E-state index is 0.0142. The molecule has 188 valence electrons. The molecule has 0 aromatic heterocycles. The smallest absolute Gasteiger partial charge is 0.264 e. The number of rotatable bonds is 5. The third-order valence-electron chi connectivity index (χ3n) is 7.06. The number of benzene rings is 3. The molecule has 3 aromatic rings. The Kier molecular flexibility index (Phi) is 6.38. The summed E-state index contributed by atoms with van der Waals surface area (Å²) >= 11 is 0. The molecule has 2 aliphatic heterocycles. The van der Waals surface area contributed by atoms with Crippen LogP contribution in [0, 0.1) is 6.92 Å². The summed E-state index contributed by atoms with van der Waals surface area (Å²) in [5.74, 6) is 0.809. The molecule has 1 amide bonds. The van der Waals surface area contributed by atoms with Crippen molar-refractivity contribution in [1.82, 2.24) is 4.90 Å². The molecule has 3 aromatic carbocycles. The van der Waals surface area contributed by atoms with Gasteiger partial charge in [0.25, 0.3) is 15.9 Å². The number of anilines is 2. The Balaban J connectivity index is 1.30. The number of aryl methyl sites for hydroxylation is 1. The van der Waals surface area contributed by atoms with Crippen LogP contribution in [0.2, 0.25) is 0 Å². The maximum atomic E-state index is 13.4. The van der Waals surface area contributed by atoms with Gasteiger partial charge in [0, 0.05) is 43.5 Å². The van der Waals surface area contributed by atoms with Crippen LogP contribution in [-0.2, 0) is 16.4 Å². The number of carbonyl (C=O) groups is 1. The Morgan fingerprint density at radius 1 is 0.917 bits per heavy atom. The standard InChI is InChI=1S/C28H31N3O4S/c1-20-4-11-26(12-5-20)36(33,34)31-21(2)18-23-19-22(6-13-27(23)31)28(32)30-16-14-29(15-17-30)24-7-9-25(35-3)10-8-24/h4-13,19,21H,14-18H2,1-3H3/t21-/m1/s1. The summed E-state index contributed by atoms with van der Waals surface area (Å²) in [6, 6.07) is 20.1. The highest BCUT2D eigenvalue weighted by Gasteiger charge is 2.36. The van der Waals surface area contributed by atoms with E-state index in [0.717, 1.165) is 35.7 Å². The Bertz CT molecular complexity index is 1360. The molecule has 36 heavy (non-hydrogen) atoms. The van der Waals surface area contributed by atoms with Crippen molar-refractivity contribution in [2.45, 2.75) is 31.2 Å². The fourth-order valence-electron chi connectivity index (χ4n) is 5.07. The molecule has 7 nitrogen and oxygen atoms in total. The zero-order valence-corrected chi connectivity index (χ0v) is 21.7. The second kappa shape index (κ2) is 9.50. The van der Waals surface area contributed by atoms with E-state index in [0.29, 0.717) is 30.8 Å². The Morgan fingerprint density at radius 3 is 2.22 bits per heavy atom. The van der Waals surface area contributed by atoms with E-state index in [4.69, 9.17) is 4.74 Å². The number of carbonyl (C=O) groups excluding carboxylic acids is 1. The number of methoxy groups -OCH3 is 1. The van der Waals surface area contributed by atoms with Crippen LogP contribution in [0.4, 0.5) is 11.4 Å². The molecule has 5 rings (SSSR count). The van der Waals surface area contributed by atoms with Crippen LogP contribution in [0.15, 0.2) is 71.6 Å². The molecule has 1 fully saturated rings. The molecular weight excluding hydrogens is 474 g/mol. The third kappa shape index (κ3) is 4.41. The van der Waals surface area contributed by atoms with Gasteiger partial charge in [0.2, 0.25) is 0 Å². The maximum absolute atomic E-state index is 13.4. The highest BCUT2D eigenvalue weighted by molar-refractivity contribution is 7.92. The number of sulfonamides is 1. The van der Waals surface area contributed by atoms with Crippen molar-refractivity contribution in [2.24, 2.45) is 0 Å². The summed E-state index contributed by atoms with van der Waals surface area (Å²) in [6.45, 7) is 6.61. The summed E-state index contributed by atoms with van der Waals surface area (Å²) in [5.41, 5.74) is 4.28. The molecule has 8 heteroatoms. The molecule has 2 heterocycles. The molecule has 0 spiro atoms. The van der Waals surface area contributed by atoms with E-state index in [1.54, 1.807) is 31.4 Å². The zero-order valence-electron chi connectivity index (χ0n) is 20.8. The van der Waals surface area contributed by atoms with Gasteiger partial charge in [-0.1, -0.05) is 17.7 Å². The third-order valence-corrected chi connectivity index (χ3v) is 9.00. The lowest BCUT2D eigenvalue weighted by molar-refractivity contribution is 0.0746. The molecule has 0 unspecified atom stereocenters. The lowest BCUT2D eigenvalue weighted by Gasteiger charge is -2.36. The Hall–Kier alpha value is -3.52. The molecule has 2 aliphatic rings. The van der Waals surface area contributed by atoms with Gasteiger partial charge in [0.15, 0.2) is 0 Å². The normalized spacial score (nSPS) is 17.8. The molecule has 0 aliphatic carbocycles. The number of hydrogen-bond acceptors (Lipinski definition) is 5. The summed E-state index contributed by atoms with van der Waals surface area (Å²) in [4.78, 5) is 17.7. The van der Waals surface area contributed by atoms with Gasteiger partial charge in [-0.05, 0) is 80.4 Å². The minimum atomic E-state index is -3.68. The largest absolute Gasteiger partial charge is 0.497 e. The lowest BCUT2D eigenvalue weighted by Crippen LogP contribution is -2.48. The molecule has 0 saturated carbocycles. The zero-order chi connectivity index (χ0) is 25.4. The fraction of sp³-hybridized carbons (Fsp3) is 0.321. The number of amides is 1. The molecule has 0 N–H and O–H groups in total. The first-order valence-electron chi connectivity index (χ1n) is 12.2. The predicted molar refractivity (Wildman–Crippen MR) is 142 cm³/mol. The highest BCUT2D eigenvalue weighted by atomic mass is 32.2. The van der Waals surface area contributed by atoms with E-state index in [2.05, 4.69) is 4.90 Å². The second-order valence-electron chi connectivity index (χ2n) is 9.49. The van der Waals surface area contributed by atoms with Crippen molar-refractivity contribution < 1.29 is 17.9 Å². The fourth-order valence-corrected chi connectivity index (χ4v) is 6.76. The number of ether oxygens (including phenoxy) is 1. The van der Waals surface area contributed by atoms with Gasteiger partial charge in [-0.3, -0.25) is 9.10 Å². The van der Waals surface area contributed by atoms with Crippen LogP contribution < -0.4 is 13.9 Å². The number of hydrogen-bond donors (Lipinski definition) is 0. The number of nitrogens with zero attached hydrogens (tertiary/aromatic N) is 3. The van der Waals surface area contributed by atoms with Crippen molar-refractivity contribution in [2.75, 3.05) is 42.5 Å². The van der Waals surface area contributed by atoms with Gasteiger partial charge in [-0.2, -0.15) is 0 Å². The van der Waals surface area contributed by atoms with Crippen LogP contribution >= 0.6 is 0 Å². The van der Waals surface area contributed by atoms with E-state index >= 15 is 0 Å². The quantitative estimate of drug-likeness (QED) is 0.522. The summed E-state index contributed by atoms with van der Waals surface area (Å²) < 4.78 is 33.5. The van der Waals surface area contributed by atoms with E-state index in [1.165, 1.54) is 4.31 Å². The molecule has 0 bridgehead atoms. The molecular formula is C28H31N3O4S. The number of fused-ring (bicyclic) bond motifs is 1. The average Bonchev–Trinajstić information content (AvgIpc) is 3.24.